The molecule has 0 radical (unpaired) electrons. The van der Waals surface area contributed by atoms with Crippen molar-refractivity contribution in [3.05, 3.63) is 77.5 Å². The predicted molar refractivity (Wildman–Crippen MR) is 127 cm³/mol. The van der Waals surface area contributed by atoms with Crippen LogP contribution in [-0.4, -0.2) is 45.2 Å². The molecule has 1 amide bonds. The average Bonchev–Trinajstić information content (AvgIpc) is 3.17. The SMILES string of the molecule is Cc1ccc(F)c2c1cc(C)n2CCNc1cc(-c2ccc(C(=O)NCCO)cc2)ncn1. The Bertz CT molecular complexity index is 1280. The smallest absolute Gasteiger partial charge is 0.251 e. The second kappa shape index (κ2) is 9.79. The second-order valence-electron chi connectivity index (χ2n) is 7.84. The van der Waals surface area contributed by atoms with Gasteiger partial charge in [-0.15, -0.1) is 0 Å². The van der Waals surface area contributed by atoms with E-state index in [1.165, 1.54) is 12.4 Å². The van der Waals surface area contributed by atoms with E-state index < -0.39 is 0 Å². The standard InChI is InChI=1S/C25H26FN5O2/c1-16-3-8-21(26)24-20(16)13-17(2)31(24)11-9-27-23-14-22(29-15-30-23)18-4-6-19(7-5-18)25(33)28-10-12-32/h3-8,13-15,32H,9-12H2,1-2H3,(H,28,33)(H,27,29,30). The van der Waals surface area contributed by atoms with E-state index in [2.05, 4.69) is 20.6 Å². The number of carbonyl (C=O) groups excluding carboxylic acids is 1. The summed E-state index contributed by atoms with van der Waals surface area (Å²) < 4.78 is 16.5. The number of carbonyl (C=O) groups is 1. The van der Waals surface area contributed by atoms with Gasteiger partial charge in [-0.25, -0.2) is 14.4 Å². The minimum atomic E-state index is -0.236. The van der Waals surface area contributed by atoms with Crippen LogP contribution in [0.25, 0.3) is 22.2 Å². The molecule has 33 heavy (non-hydrogen) atoms. The minimum Gasteiger partial charge on any atom is -0.395 e. The maximum Gasteiger partial charge on any atom is 0.251 e. The first-order valence-corrected chi connectivity index (χ1v) is 10.8. The van der Waals surface area contributed by atoms with Gasteiger partial charge in [0.05, 0.1) is 17.8 Å². The fraction of sp³-hybridized carbons (Fsp3) is 0.240. The molecule has 0 atom stereocenters. The second-order valence-corrected chi connectivity index (χ2v) is 7.84. The molecule has 2 aromatic carbocycles. The van der Waals surface area contributed by atoms with Gasteiger partial charge in [0, 0.05) is 47.9 Å². The molecule has 0 fully saturated rings. The summed E-state index contributed by atoms with van der Waals surface area (Å²) in [6.07, 6.45) is 1.48. The van der Waals surface area contributed by atoms with E-state index in [9.17, 15) is 9.18 Å². The molecule has 0 unspecified atom stereocenters. The molecule has 2 heterocycles. The summed E-state index contributed by atoms with van der Waals surface area (Å²) in [7, 11) is 0. The van der Waals surface area contributed by atoms with Crippen LogP contribution in [0, 0.1) is 19.7 Å². The number of anilines is 1. The highest BCUT2D eigenvalue weighted by molar-refractivity contribution is 5.94. The summed E-state index contributed by atoms with van der Waals surface area (Å²) in [5, 5.41) is 15.7. The summed E-state index contributed by atoms with van der Waals surface area (Å²) >= 11 is 0. The van der Waals surface area contributed by atoms with Crippen LogP contribution >= 0.6 is 0 Å². The Morgan fingerprint density at radius 2 is 1.85 bits per heavy atom. The van der Waals surface area contributed by atoms with Crippen molar-refractivity contribution >= 4 is 22.6 Å². The summed E-state index contributed by atoms with van der Waals surface area (Å²) in [5.41, 5.74) is 4.77. The van der Waals surface area contributed by atoms with Crippen molar-refractivity contribution in [2.24, 2.45) is 0 Å². The number of amides is 1. The summed E-state index contributed by atoms with van der Waals surface area (Å²) in [6, 6.07) is 14.2. The summed E-state index contributed by atoms with van der Waals surface area (Å²) in [6.45, 7) is 5.24. The number of hydrogen-bond donors (Lipinski definition) is 3. The van der Waals surface area contributed by atoms with Gasteiger partial charge in [0.2, 0.25) is 0 Å². The van der Waals surface area contributed by atoms with Crippen molar-refractivity contribution in [3.63, 3.8) is 0 Å². The molecule has 3 N–H and O–H groups in total. The van der Waals surface area contributed by atoms with Crippen molar-refractivity contribution in [1.29, 1.82) is 0 Å². The number of rotatable bonds is 8. The third-order valence-electron chi connectivity index (χ3n) is 5.58. The molecule has 8 heteroatoms. The lowest BCUT2D eigenvalue weighted by molar-refractivity contribution is 0.0945. The van der Waals surface area contributed by atoms with Crippen LogP contribution in [0.1, 0.15) is 21.6 Å². The van der Waals surface area contributed by atoms with Crippen LogP contribution in [0.15, 0.2) is 54.9 Å². The largest absolute Gasteiger partial charge is 0.395 e. The maximum atomic E-state index is 14.5. The van der Waals surface area contributed by atoms with Crippen LogP contribution in [0.3, 0.4) is 0 Å². The van der Waals surface area contributed by atoms with E-state index in [-0.39, 0.29) is 24.9 Å². The van der Waals surface area contributed by atoms with E-state index >= 15 is 0 Å². The minimum absolute atomic E-state index is 0.102. The zero-order valence-corrected chi connectivity index (χ0v) is 18.6. The van der Waals surface area contributed by atoms with Gasteiger partial charge in [0.15, 0.2) is 0 Å². The lowest BCUT2D eigenvalue weighted by atomic mass is 10.1. The topological polar surface area (TPSA) is 92.1 Å². The molecule has 2 aromatic heterocycles. The molecule has 0 aliphatic carbocycles. The monoisotopic (exact) mass is 447 g/mol. The van der Waals surface area contributed by atoms with E-state index in [1.54, 1.807) is 18.2 Å². The third kappa shape index (κ3) is 4.85. The molecule has 7 nitrogen and oxygen atoms in total. The van der Waals surface area contributed by atoms with E-state index in [0.29, 0.717) is 30.0 Å². The molecule has 0 saturated carbocycles. The number of aliphatic hydroxyl groups excluding tert-OH is 1. The first-order chi connectivity index (χ1) is 16.0. The quantitative estimate of drug-likeness (QED) is 0.383. The number of nitrogens with one attached hydrogen (secondary N) is 2. The highest BCUT2D eigenvalue weighted by atomic mass is 19.1. The third-order valence-corrected chi connectivity index (χ3v) is 5.58. The number of benzene rings is 2. The lowest BCUT2D eigenvalue weighted by Gasteiger charge is -2.11. The molecular formula is C25H26FN5O2. The van der Waals surface area contributed by atoms with Gasteiger partial charge in [-0.05, 0) is 43.7 Å². The molecule has 0 aliphatic heterocycles. The number of hydrogen-bond acceptors (Lipinski definition) is 5. The number of halogens is 1. The van der Waals surface area contributed by atoms with Gasteiger partial charge in [-0.1, -0.05) is 18.2 Å². The first kappa shape index (κ1) is 22.4. The number of nitrogens with zero attached hydrogens (tertiary/aromatic N) is 3. The van der Waals surface area contributed by atoms with Crippen molar-refractivity contribution in [1.82, 2.24) is 19.9 Å². The Morgan fingerprint density at radius 3 is 2.61 bits per heavy atom. The molecule has 0 saturated heterocycles. The van der Waals surface area contributed by atoms with Crippen molar-refractivity contribution in [2.75, 3.05) is 25.0 Å². The Labute approximate surface area is 191 Å². The van der Waals surface area contributed by atoms with Gasteiger partial charge < -0.3 is 20.3 Å². The fourth-order valence-electron chi connectivity index (χ4n) is 3.86. The molecule has 170 valence electrons. The Kier molecular flexibility index (Phi) is 6.65. The summed E-state index contributed by atoms with van der Waals surface area (Å²) in [5.74, 6) is 0.206. The van der Waals surface area contributed by atoms with Crippen LogP contribution in [0.4, 0.5) is 10.2 Å². The Morgan fingerprint density at radius 1 is 1.06 bits per heavy atom. The van der Waals surface area contributed by atoms with Crippen molar-refractivity contribution in [2.45, 2.75) is 20.4 Å². The number of aryl methyl sites for hydroxylation is 2. The van der Waals surface area contributed by atoms with E-state index in [4.69, 9.17) is 5.11 Å². The zero-order chi connectivity index (χ0) is 23.4. The van der Waals surface area contributed by atoms with Crippen LogP contribution in [-0.2, 0) is 6.54 Å². The van der Waals surface area contributed by atoms with Gasteiger partial charge in [0.1, 0.15) is 18.0 Å². The molecule has 4 aromatic rings. The number of fused-ring (bicyclic) bond motifs is 1. The zero-order valence-electron chi connectivity index (χ0n) is 18.6. The lowest BCUT2D eigenvalue weighted by Crippen LogP contribution is -2.26. The number of aromatic nitrogens is 3. The molecule has 0 bridgehead atoms. The molecule has 0 spiro atoms. The number of aliphatic hydroxyl groups is 1. The van der Waals surface area contributed by atoms with Gasteiger partial charge in [-0.2, -0.15) is 0 Å². The van der Waals surface area contributed by atoms with Crippen molar-refractivity contribution < 1.29 is 14.3 Å². The van der Waals surface area contributed by atoms with E-state index in [0.717, 1.165) is 27.9 Å². The Balaban J connectivity index is 1.44. The van der Waals surface area contributed by atoms with Crippen molar-refractivity contribution in [3.8, 4) is 11.3 Å². The average molecular weight is 448 g/mol. The van der Waals surface area contributed by atoms with Crippen LogP contribution in [0.2, 0.25) is 0 Å². The maximum absolute atomic E-state index is 14.5. The molecule has 0 aliphatic rings. The summed E-state index contributed by atoms with van der Waals surface area (Å²) in [4.78, 5) is 20.6. The molecule has 4 rings (SSSR count). The normalized spacial score (nSPS) is 11.0. The predicted octanol–water partition coefficient (Wildman–Crippen LogP) is 3.69. The van der Waals surface area contributed by atoms with Crippen LogP contribution in [0.5, 0.6) is 0 Å². The highest BCUT2D eigenvalue weighted by Gasteiger charge is 2.12. The van der Waals surface area contributed by atoms with E-state index in [1.807, 2.05) is 42.7 Å². The van der Waals surface area contributed by atoms with Gasteiger partial charge in [-0.3, -0.25) is 4.79 Å². The van der Waals surface area contributed by atoms with Crippen LogP contribution < -0.4 is 10.6 Å². The van der Waals surface area contributed by atoms with Gasteiger partial charge in [0.25, 0.3) is 5.91 Å². The molecular weight excluding hydrogens is 421 g/mol. The van der Waals surface area contributed by atoms with Gasteiger partial charge >= 0.3 is 0 Å². The fourth-order valence-corrected chi connectivity index (χ4v) is 3.86. The first-order valence-electron chi connectivity index (χ1n) is 10.8. The Hall–Kier alpha value is -3.78. The highest BCUT2D eigenvalue weighted by Crippen LogP contribution is 2.26.